The minimum absolute atomic E-state index is 0.218. The number of benzene rings is 2. The minimum Gasteiger partial charge on any atom is -0.508 e. The van der Waals surface area contributed by atoms with Crippen molar-refractivity contribution >= 4 is 23.8 Å². The van der Waals surface area contributed by atoms with Gasteiger partial charge >= 0.3 is 0 Å². The second-order valence-corrected chi connectivity index (χ2v) is 5.42. The highest BCUT2D eigenvalue weighted by Crippen LogP contribution is 2.19. The molecule has 0 aliphatic carbocycles. The summed E-state index contributed by atoms with van der Waals surface area (Å²) < 4.78 is 2.25. The summed E-state index contributed by atoms with van der Waals surface area (Å²) in [5, 5.41) is 13.2. The third kappa shape index (κ3) is 3.15. The first-order valence-corrected chi connectivity index (χ1v) is 7.11. The predicted molar refractivity (Wildman–Crippen MR) is 85.1 cm³/mol. The molecule has 1 aromatic heterocycles. The van der Waals surface area contributed by atoms with E-state index < -0.39 is 0 Å². The lowest BCUT2D eigenvalue weighted by molar-refractivity contribution is 0.475. The third-order valence-electron chi connectivity index (χ3n) is 3.05. The molecular formula is C15H12ClN3OS. The average Bonchev–Trinajstić information content (AvgIpc) is 2.81. The summed E-state index contributed by atoms with van der Waals surface area (Å²) in [7, 11) is 0. The molecule has 0 radical (unpaired) electrons. The molecule has 0 spiro atoms. The van der Waals surface area contributed by atoms with E-state index in [1.807, 2.05) is 24.3 Å². The molecule has 2 N–H and O–H groups in total. The highest BCUT2D eigenvalue weighted by Gasteiger charge is 2.06. The number of aromatic nitrogens is 3. The Balaban J connectivity index is 1.91. The molecular weight excluding hydrogens is 306 g/mol. The lowest BCUT2D eigenvalue weighted by Gasteiger charge is -2.03. The monoisotopic (exact) mass is 317 g/mol. The van der Waals surface area contributed by atoms with Gasteiger partial charge in [-0.25, -0.2) is 0 Å². The van der Waals surface area contributed by atoms with Crippen molar-refractivity contribution in [3.05, 3.63) is 63.9 Å². The molecule has 21 heavy (non-hydrogen) atoms. The fraction of sp³-hybridized carbons (Fsp3) is 0.0667. The van der Waals surface area contributed by atoms with E-state index in [4.69, 9.17) is 23.8 Å². The normalized spacial score (nSPS) is 10.7. The first kappa shape index (κ1) is 13.9. The van der Waals surface area contributed by atoms with Crippen molar-refractivity contribution in [1.29, 1.82) is 0 Å². The van der Waals surface area contributed by atoms with E-state index >= 15 is 0 Å². The molecule has 106 valence electrons. The average molecular weight is 318 g/mol. The van der Waals surface area contributed by atoms with E-state index in [0.717, 1.165) is 11.1 Å². The summed E-state index contributed by atoms with van der Waals surface area (Å²) in [5.74, 6) is 0.887. The van der Waals surface area contributed by atoms with Crippen LogP contribution < -0.4 is 0 Å². The van der Waals surface area contributed by atoms with E-state index in [1.54, 1.807) is 28.9 Å². The zero-order valence-corrected chi connectivity index (χ0v) is 12.5. The molecule has 0 fully saturated rings. The fourth-order valence-corrected chi connectivity index (χ4v) is 2.44. The molecule has 1 heterocycles. The van der Waals surface area contributed by atoms with Crippen LogP contribution in [0, 0.1) is 4.77 Å². The van der Waals surface area contributed by atoms with E-state index in [9.17, 15) is 5.11 Å². The molecule has 0 aliphatic rings. The molecule has 0 saturated carbocycles. The Hall–Kier alpha value is -2.11. The SMILES string of the molecule is Oc1ccc(-c2nc(=S)n(Cc3cccc(Cl)c3)[nH]2)cc1. The predicted octanol–water partition coefficient (Wildman–Crippen LogP) is 4.01. The summed E-state index contributed by atoms with van der Waals surface area (Å²) in [5.41, 5.74) is 1.91. The van der Waals surface area contributed by atoms with Gasteiger partial charge < -0.3 is 5.11 Å². The van der Waals surface area contributed by atoms with Gasteiger partial charge in [0.1, 0.15) is 5.75 Å². The van der Waals surface area contributed by atoms with Gasteiger partial charge in [-0.3, -0.25) is 9.78 Å². The molecule has 4 nitrogen and oxygen atoms in total. The largest absolute Gasteiger partial charge is 0.508 e. The number of phenols is 1. The molecule has 3 rings (SSSR count). The van der Waals surface area contributed by atoms with Gasteiger partial charge in [0, 0.05) is 10.6 Å². The Morgan fingerprint density at radius 2 is 1.95 bits per heavy atom. The Bertz CT molecular complexity index is 823. The zero-order valence-electron chi connectivity index (χ0n) is 11.0. The van der Waals surface area contributed by atoms with Crippen LogP contribution >= 0.6 is 23.8 Å². The number of aromatic amines is 1. The highest BCUT2D eigenvalue weighted by molar-refractivity contribution is 7.71. The van der Waals surface area contributed by atoms with Crippen LogP contribution in [0.5, 0.6) is 5.75 Å². The van der Waals surface area contributed by atoms with Gasteiger partial charge in [0.05, 0.1) is 6.54 Å². The molecule has 0 unspecified atom stereocenters. The van der Waals surface area contributed by atoms with Crippen LogP contribution in [-0.4, -0.2) is 19.9 Å². The second-order valence-electron chi connectivity index (χ2n) is 4.62. The van der Waals surface area contributed by atoms with Gasteiger partial charge in [-0.1, -0.05) is 23.7 Å². The molecule has 0 saturated heterocycles. The van der Waals surface area contributed by atoms with Crippen LogP contribution in [0.25, 0.3) is 11.4 Å². The maximum Gasteiger partial charge on any atom is 0.216 e. The highest BCUT2D eigenvalue weighted by atomic mass is 35.5. The smallest absolute Gasteiger partial charge is 0.216 e. The van der Waals surface area contributed by atoms with Gasteiger partial charge in [0.15, 0.2) is 5.82 Å². The fourth-order valence-electron chi connectivity index (χ4n) is 2.03. The maximum atomic E-state index is 9.32. The van der Waals surface area contributed by atoms with Crippen molar-refractivity contribution in [3.63, 3.8) is 0 Å². The van der Waals surface area contributed by atoms with Crippen LogP contribution in [0.4, 0.5) is 0 Å². The number of rotatable bonds is 3. The number of nitrogens with zero attached hydrogens (tertiary/aromatic N) is 2. The molecule has 0 aliphatic heterocycles. The standard InChI is InChI=1S/C15H12ClN3OS/c16-12-3-1-2-10(8-12)9-19-15(21)17-14(18-19)11-4-6-13(20)7-5-11/h1-8,20H,9H2,(H,17,18,21). The van der Waals surface area contributed by atoms with Crippen LogP contribution in [0.3, 0.4) is 0 Å². The van der Waals surface area contributed by atoms with Gasteiger partial charge in [-0.05, 0) is 54.2 Å². The van der Waals surface area contributed by atoms with Crippen LogP contribution in [-0.2, 0) is 6.54 Å². The number of aromatic hydroxyl groups is 1. The van der Waals surface area contributed by atoms with Crippen molar-refractivity contribution < 1.29 is 5.11 Å². The topological polar surface area (TPSA) is 53.8 Å². The Labute approximate surface area is 131 Å². The van der Waals surface area contributed by atoms with Crippen molar-refractivity contribution in [3.8, 4) is 17.1 Å². The van der Waals surface area contributed by atoms with Gasteiger partial charge in [-0.15, -0.1) is 0 Å². The number of nitrogens with one attached hydrogen (secondary N) is 1. The third-order valence-corrected chi connectivity index (χ3v) is 3.60. The Kier molecular flexibility index (Phi) is 3.77. The van der Waals surface area contributed by atoms with Crippen molar-refractivity contribution in [2.75, 3.05) is 0 Å². The molecule has 2 aromatic carbocycles. The number of phenolic OH excluding ortho intramolecular Hbond substituents is 1. The Morgan fingerprint density at radius 3 is 2.67 bits per heavy atom. The second kappa shape index (κ2) is 5.71. The maximum absolute atomic E-state index is 9.32. The number of halogens is 1. The number of hydrogen-bond acceptors (Lipinski definition) is 3. The lowest BCUT2D eigenvalue weighted by atomic mass is 10.2. The van der Waals surface area contributed by atoms with Crippen LogP contribution in [0.15, 0.2) is 48.5 Å². The first-order chi connectivity index (χ1) is 10.1. The molecule has 6 heteroatoms. The summed E-state index contributed by atoms with van der Waals surface area (Å²) >= 11 is 11.3. The molecule has 0 bridgehead atoms. The van der Waals surface area contributed by atoms with Crippen LogP contribution in [0.1, 0.15) is 5.56 Å². The molecule has 0 amide bonds. The summed E-state index contributed by atoms with van der Waals surface area (Å²) in [6.45, 7) is 0.574. The van der Waals surface area contributed by atoms with E-state index in [1.165, 1.54) is 0 Å². The molecule has 0 atom stereocenters. The minimum atomic E-state index is 0.218. The van der Waals surface area contributed by atoms with Crippen molar-refractivity contribution in [2.24, 2.45) is 0 Å². The number of H-pyrrole nitrogens is 1. The number of hydrogen-bond donors (Lipinski definition) is 2. The van der Waals surface area contributed by atoms with Gasteiger partial charge in [-0.2, -0.15) is 4.98 Å². The zero-order chi connectivity index (χ0) is 14.8. The summed E-state index contributed by atoms with van der Waals surface area (Å²) in [6, 6.07) is 14.4. The van der Waals surface area contributed by atoms with Crippen molar-refractivity contribution in [1.82, 2.24) is 14.8 Å². The van der Waals surface area contributed by atoms with Crippen molar-refractivity contribution in [2.45, 2.75) is 6.54 Å². The van der Waals surface area contributed by atoms with Gasteiger partial charge in [0.2, 0.25) is 4.77 Å². The van der Waals surface area contributed by atoms with E-state index in [0.29, 0.717) is 22.2 Å². The van der Waals surface area contributed by atoms with Gasteiger partial charge in [0.25, 0.3) is 0 Å². The summed E-state index contributed by atoms with van der Waals surface area (Å²) in [4.78, 5) is 4.34. The molecule has 3 aromatic rings. The summed E-state index contributed by atoms with van der Waals surface area (Å²) in [6.07, 6.45) is 0. The Morgan fingerprint density at radius 1 is 1.19 bits per heavy atom. The quantitative estimate of drug-likeness (QED) is 0.717. The first-order valence-electron chi connectivity index (χ1n) is 6.32. The van der Waals surface area contributed by atoms with Crippen LogP contribution in [0.2, 0.25) is 5.02 Å². The van der Waals surface area contributed by atoms with E-state index in [2.05, 4.69) is 10.1 Å². The van der Waals surface area contributed by atoms with E-state index in [-0.39, 0.29) is 5.75 Å². The lowest BCUT2D eigenvalue weighted by Crippen LogP contribution is -2.01.